The van der Waals surface area contributed by atoms with Crippen LogP contribution in [0.5, 0.6) is 0 Å². The number of morpholine rings is 1. The van der Waals surface area contributed by atoms with Gasteiger partial charge in [-0.15, -0.1) is 24.0 Å². The first-order valence-corrected chi connectivity index (χ1v) is 8.27. The van der Waals surface area contributed by atoms with Crippen LogP contribution in [0, 0.1) is 0 Å². The third-order valence-corrected chi connectivity index (χ3v) is 3.85. The van der Waals surface area contributed by atoms with Gasteiger partial charge in [-0.2, -0.15) is 0 Å². The molecule has 23 heavy (non-hydrogen) atoms. The molecular formula is C16H36IN5O. The zero-order valence-electron chi connectivity index (χ0n) is 15.7. The van der Waals surface area contributed by atoms with Crippen LogP contribution >= 0.6 is 24.0 Å². The van der Waals surface area contributed by atoms with Crippen LogP contribution in [0.1, 0.15) is 34.6 Å². The molecule has 0 saturated carbocycles. The van der Waals surface area contributed by atoms with E-state index in [0.29, 0.717) is 0 Å². The molecule has 0 amide bonds. The van der Waals surface area contributed by atoms with Gasteiger partial charge in [0.15, 0.2) is 5.96 Å². The highest BCUT2D eigenvalue weighted by Crippen LogP contribution is 2.14. The number of rotatable bonds is 6. The lowest BCUT2D eigenvalue weighted by atomic mass is 10.0. The minimum Gasteiger partial charge on any atom is -0.379 e. The van der Waals surface area contributed by atoms with Crippen LogP contribution < -0.4 is 16.0 Å². The number of hydrogen-bond donors (Lipinski definition) is 3. The molecule has 0 spiro atoms. The lowest BCUT2D eigenvalue weighted by Crippen LogP contribution is -2.56. The van der Waals surface area contributed by atoms with Gasteiger partial charge in [-0.1, -0.05) is 0 Å². The summed E-state index contributed by atoms with van der Waals surface area (Å²) in [6.07, 6.45) is 0. The Hall–Kier alpha value is -0.120. The monoisotopic (exact) mass is 441 g/mol. The van der Waals surface area contributed by atoms with E-state index < -0.39 is 0 Å². The smallest absolute Gasteiger partial charge is 0.191 e. The molecule has 0 aromatic carbocycles. The summed E-state index contributed by atoms with van der Waals surface area (Å²) in [5.74, 6) is 0.858. The number of nitrogens with one attached hydrogen (secondary N) is 3. The van der Waals surface area contributed by atoms with Crippen LogP contribution in [-0.2, 0) is 4.74 Å². The molecule has 0 aromatic heterocycles. The van der Waals surface area contributed by atoms with Gasteiger partial charge < -0.3 is 20.7 Å². The van der Waals surface area contributed by atoms with Crippen LogP contribution in [0.25, 0.3) is 0 Å². The minimum atomic E-state index is 0. The van der Waals surface area contributed by atoms with Crippen molar-refractivity contribution in [1.29, 1.82) is 0 Å². The predicted octanol–water partition coefficient (Wildman–Crippen LogP) is 1.27. The molecule has 0 bridgehead atoms. The molecule has 1 rings (SSSR count). The van der Waals surface area contributed by atoms with Gasteiger partial charge in [-0.3, -0.25) is 9.89 Å². The number of guanidine groups is 1. The highest BCUT2D eigenvalue weighted by atomic mass is 127. The molecule has 0 aromatic rings. The Morgan fingerprint density at radius 3 is 2.17 bits per heavy atom. The number of ether oxygens (including phenoxy) is 1. The van der Waals surface area contributed by atoms with Gasteiger partial charge in [0.25, 0.3) is 0 Å². The van der Waals surface area contributed by atoms with Gasteiger partial charge in [-0.05, 0) is 34.6 Å². The third kappa shape index (κ3) is 9.69. The van der Waals surface area contributed by atoms with E-state index in [9.17, 15) is 0 Å². The lowest BCUT2D eigenvalue weighted by molar-refractivity contribution is -0.00833. The average molecular weight is 441 g/mol. The van der Waals surface area contributed by atoms with Gasteiger partial charge in [0.2, 0.25) is 0 Å². The fourth-order valence-corrected chi connectivity index (χ4v) is 2.42. The van der Waals surface area contributed by atoms with Crippen molar-refractivity contribution in [2.45, 2.75) is 45.7 Å². The molecule has 0 radical (unpaired) electrons. The number of hydrogen-bond acceptors (Lipinski definition) is 4. The molecule has 1 fully saturated rings. The maximum Gasteiger partial charge on any atom is 0.191 e. The highest BCUT2D eigenvalue weighted by molar-refractivity contribution is 14.0. The maximum absolute atomic E-state index is 5.43. The molecule has 1 saturated heterocycles. The van der Waals surface area contributed by atoms with E-state index in [1.54, 1.807) is 0 Å². The van der Waals surface area contributed by atoms with E-state index >= 15 is 0 Å². The van der Waals surface area contributed by atoms with Crippen molar-refractivity contribution in [3.8, 4) is 0 Å². The SMILES string of the molecule is CN=C(NCCNC(C)(C)C)NCC(C)(C)N1CCOCC1.I. The Labute approximate surface area is 159 Å². The minimum absolute atomic E-state index is 0. The maximum atomic E-state index is 5.43. The molecule has 3 N–H and O–H groups in total. The van der Waals surface area contributed by atoms with Crippen molar-refractivity contribution >= 4 is 29.9 Å². The van der Waals surface area contributed by atoms with E-state index in [1.165, 1.54) is 0 Å². The van der Waals surface area contributed by atoms with Gasteiger partial charge >= 0.3 is 0 Å². The Morgan fingerprint density at radius 1 is 1.04 bits per heavy atom. The fourth-order valence-electron chi connectivity index (χ4n) is 2.42. The van der Waals surface area contributed by atoms with Crippen LogP contribution in [0.2, 0.25) is 0 Å². The topological polar surface area (TPSA) is 60.9 Å². The Balaban J connectivity index is 0.00000484. The zero-order chi connectivity index (χ0) is 16.6. The van der Waals surface area contributed by atoms with Crippen molar-refractivity contribution in [1.82, 2.24) is 20.9 Å². The van der Waals surface area contributed by atoms with Crippen molar-refractivity contribution in [3.05, 3.63) is 0 Å². The zero-order valence-corrected chi connectivity index (χ0v) is 18.0. The van der Waals surface area contributed by atoms with Crippen LogP contribution in [0.15, 0.2) is 4.99 Å². The second-order valence-electron chi connectivity index (χ2n) is 7.44. The van der Waals surface area contributed by atoms with E-state index in [-0.39, 0.29) is 35.1 Å². The summed E-state index contributed by atoms with van der Waals surface area (Å²) in [5, 5.41) is 10.2. The molecule has 0 aliphatic carbocycles. The molecule has 138 valence electrons. The lowest BCUT2D eigenvalue weighted by Gasteiger charge is -2.41. The summed E-state index contributed by atoms with van der Waals surface area (Å²) >= 11 is 0. The summed E-state index contributed by atoms with van der Waals surface area (Å²) in [6.45, 7) is 17.3. The third-order valence-electron chi connectivity index (χ3n) is 3.85. The van der Waals surface area contributed by atoms with Gasteiger partial charge in [0.05, 0.1) is 13.2 Å². The molecule has 1 aliphatic heterocycles. The van der Waals surface area contributed by atoms with Crippen molar-refractivity contribution < 1.29 is 4.74 Å². The van der Waals surface area contributed by atoms with Crippen LogP contribution in [0.4, 0.5) is 0 Å². The van der Waals surface area contributed by atoms with Crippen molar-refractivity contribution in [2.24, 2.45) is 4.99 Å². The van der Waals surface area contributed by atoms with E-state index in [2.05, 4.69) is 60.5 Å². The highest BCUT2D eigenvalue weighted by Gasteiger charge is 2.28. The molecular weight excluding hydrogens is 405 g/mol. The standard InChI is InChI=1S/C16H35N5O.HI/c1-15(2,3)20-8-7-18-14(17-6)19-13-16(4,5)21-9-11-22-12-10-21;/h20H,7-13H2,1-6H3,(H2,17,18,19);1H. The second-order valence-corrected chi connectivity index (χ2v) is 7.44. The normalized spacial score (nSPS) is 17.6. The first-order chi connectivity index (χ1) is 10.2. The Bertz CT molecular complexity index is 349. The fraction of sp³-hybridized carbons (Fsp3) is 0.938. The predicted molar refractivity (Wildman–Crippen MR) is 109 cm³/mol. The Kier molecular flexibility index (Phi) is 10.6. The number of nitrogens with zero attached hydrogens (tertiary/aromatic N) is 2. The summed E-state index contributed by atoms with van der Waals surface area (Å²) in [4.78, 5) is 6.76. The molecule has 1 heterocycles. The summed E-state index contributed by atoms with van der Waals surface area (Å²) in [5.41, 5.74) is 0.238. The van der Waals surface area contributed by atoms with Crippen LogP contribution in [-0.4, -0.2) is 74.9 Å². The van der Waals surface area contributed by atoms with Gasteiger partial charge in [0.1, 0.15) is 0 Å². The largest absolute Gasteiger partial charge is 0.379 e. The molecule has 1 aliphatic rings. The van der Waals surface area contributed by atoms with E-state index in [4.69, 9.17) is 4.74 Å². The van der Waals surface area contributed by atoms with Crippen molar-refractivity contribution in [3.63, 3.8) is 0 Å². The number of halogens is 1. The summed E-state index contributed by atoms with van der Waals surface area (Å²) in [6, 6.07) is 0. The van der Waals surface area contributed by atoms with Gasteiger partial charge in [0, 0.05) is 50.8 Å². The molecule has 0 unspecified atom stereocenters. The average Bonchev–Trinajstić information content (AvgIpc) is 2.46. The first-order valence-electron chi connectivity index (χ1n) is 8.27. The summed E-state index contributed by atoms with van der Waals surface area (Å²) in [7, 11) is 1.81. The quantitative estimate of drug-likeness (QED) is 0.251. The van der Waals surface area contributed by atoms with Crippen molar-refractivity contribution in [2.75, 3.05) is 53.0 Å². The Morgan fingerprint density at radius 2 is 1.65 bits per heavy atom. The summed E-state index contributed by atoms with van der Waals surface area (Å²) < 4.78 is 5.43. The first kappa shape index (κ1) is 22.9. The van der Waals surface area contributed by atoms with E-state index in [0.717, 1.165) is 51.9 Å². The van der Waals surface area contributed by atoms with E-state index in [1.807, 2.05) is 7.05 Å². The van der Waals surface area contributed by atoms with Gasteiger partial charge in [-0.25, -0.2) is 0 Å². The molecule has 7 heteroatoms. The molecule has 6 nitrogen and oxygen atoms in total. The molecule has 0 atom stereocenters. The van der Waals surface area contributed by atoms with Crippen LogP contribution in [0.3, 0.4) is 0 Å². The number of aliphatic imine (C=N–C) groups is 1. The second kappa shape index (κ2) is 10.7.